The Hall–Kier alpha value is -2.10. The first-order chi connectivity index (χ1) is 15.6. The summed E-state index contributed by atoms with van der Waals surface area (Å²) in [7, 11) is -3.76. The van der Waals surface area contributed by atoms with Gasteiger partial charge in [0, 0.05) is 22.6 Å². The van der Waals surface area contributed by atoms with Crippen LogP contribution in [0.15, 0.2) is 53.0 Å². The fraction of sp³-hybridized carbons (Fsp3) is 0.391. The molecule has 10 heteroatoms. The third-order valence-corrected chi connectivity index (χ3v) is 7.07. The number of carbonyl (C=O) groups is 2. The SMILES string of the molecule is CCCNC(=O)C(CC)N(Cc1ccccc1Cl)C(=O)CN(c1ccc(Br)cc1)S(C)(=O)=O. The zero-order chi connectivity index (χ0) is 24.6. The van der Waals surface area contributed by atoms with Gasteiger partial charge in [0.05, 0.1) is 11.9 Å². The van der Waals surface area contributed by atoms with Crippen molar-refractivity contribution < 1.29 is 18.0 Å². The highest BCUT2D eigenvalue weighted by molar-refractivity contribution is 9.10. The third kappa shape index (κ3) is 7.72. The summed E-state index contributed by atoms with van der Waals surface area (Å²) >= 11 is 9.65. The van der Waals surface area contributed by atoms with E-state index in [0.29, 0.717) is 29.2 Å². The van der Waals surface area contributed by atoms with Gasteiger partial charge in [0.1, 0.15) is 12.6 Å². The molecule has 7 nitrogen and oxygen atoms in total. The quantitative estimate of drug-likeness (QED) is 0.448. The number of nitrogens with zero attached hydrogens (tertiary/aromatic N) is 2. The summed E-state index contributed by atoms with van der Waals surface area (Å²) in [5.41, 5.74) is 1.03. The Labute approximate surface area is 209 Å². The first kappa shape index (κ1) is 27.1. The van der Waals surface area contributed by atoms with Crippen LogP contribution in [-0.2, 0) is 26.2 Å². The van der Waals surface area contributed by atoms with E-state index in [2.05, 4.69) is 21.2 Å². The van der Waals surface area contributed by atoms with Crippen molar-refractivity contribution in [2.45, 2.75) is 39.3 Å². The van der Waals surface area contributed by atoms with Crippen molar-refractivity contribution in [3.8, 4) is 0 Å². The first-order valence-electron chi connectivity index (χ1n) is 10.6. The summed E-state index contributed by atoms with van der Waals surface area (Å²) in [4.78, 5) is 27.8. The van der Waals surface area contributed by atoms with Gasteiger partial charge in [-0.2, -0.15) is 0 Å². The molecule has 0 fully saturated rings. The highest BCUT2D eigenvalue weighted by Crippen LogP contribution is 2.23. The molecule has 1 N–H and O–H groups in total. The van der Waals surface area contributed by atoms with Gasteiger partial charge in [-0.1, -0.05) is 59.6 Å². The Balaban J connectivity index is 2.42. The lowest BCUT2D eigenvalue weighted by molar-refractivity contribution is -0.140. The Morgan fingerprint density at radius 2 is 1.73 bits per heavy atom. The number of amides is 2. The second kappa shape index (κ2) is 12.4. The van der Waals surface area contributed by atoms with Crippen LogP contribution in [0.4, 0.5) is 5.69 Å². The number of hydrogen-bond donors (Lipinski definition) is 1. The molecule has 0 saturated carbocycles. The number of nitrogens with one attached hydrogen (secondary N) is 1. The van der Waals surface area contributed by atoms with Crippen LogP contribution < -0.4 is 9.62 Å². The Bertz CT molecular complexity index is 1060. The minimum atomic E-state index is -3.76. The number of sulfonamides is 1. The molecule has 1 unspecified atom stereocenters. The summed E-state index contributed by atoms with van der Waals surface area (Å²) in [5.74, 6) is -0.781. The number of anilines is 1. The van der Waals surface area contributed by atoms with Gasteiger partial charge in [-0.05, 0) is 48.7 Å². The number of benzene rings is 2. The molecule has 0 aliphatic rings. The molecule has 0 aliphatic heterocycles. The van der Waals surface area contributed by atoms with Gasteiger partial charge in [0.25, 0.3) is 0 Å². The topological polar surface area (TPSA) is 86.8 Å². The summed E-state index contributed by atoms with van der Waals surface area (Å²) in [5, 5.41) is 3.30. The normalized spacial score (nSPS) is 12.2. The predicted molar refractivity (Wildman–Crippen MR) is 136 cm³/mol. The molecule has 0 aromatic heterocycles. The van der Waals surface area contributed by atoms with Gasteiger partial charge in [-0.3, -0.25) is 13.9 Å². The molecule has 2 aromatic rings. The van der Waals surface area contributed by atoms with E-state index in [4.69, 9.17) is 11.6 Å². The van der Waals surface area contributed by atoms with Crippen molar-refractivity contribution in [3.05, 3.63) is 63.6 Å². The largest absolute Gasteiger partial charge is 0.354 e. The molecular formula is C23H29BrClN3O4S. The highest BCUT2D eigenvalue weighted by atomic mass is 79.9. The molecule has 1 atom stereocenters. The number of rotatable bonds is 11. The van der Waals surface area contributed by atoms with E-state index in [1.807, 2.05) is 13.8 Å². The van der Waals surface area contributed by atoms with Crippen molar-refractivity contribution in [1.82, 2.24) is 10.2 Å². The highest BCUT2D eigenvalue weighted by Gasteiger charge is 2.31. The molecule has 0 radical (unpaired) electrons. The van der Waals surface area contributed by atoms with E-state index in [1.165, 1.54) is 4.90 Å². The molecule has 0 saturated heterocycles. The minimum absolute atomic E-state index is 0.0779. The number of hydrogen-bond acceptors (Lipinski definition) is 4. The molecule has 2 amide bonds. The van der Waals surface area contributed by atoms with E-state index in [0.717, 1.165) is 21.5 Å². The summed E-state index contributed by atoms with van der Waals surface area (Å²) in [6.07, 6.45) is 2.17. The molecule has 0 spiro atoms. The second-order valence-electron chi connectivity index (χ2n) is 7.57. The average Bonchev–Trinajstić information content (AvgIpc) is 2.77. The van der Waals surface area contributed by atoms with Crippen LogP contribution in [0.3, 0.4) is 0 Å². The van der Waals surface area contributed by atoms with Crippen LogP contribution >= 0.6 is 27.5 Å². The van der Waals surface area contributed by atoms with Crippen LogP contribution in [-0.4, -0.2) is 50.5 Å². The van der Waals surface area contributed by atoms with E-state index >= 15 is 0 Å². The van der Waals surface area contributed by atoms with Gasteiger partial charge in [-0.25, -0.2) is 8.42 Å². The summed E-state index contributed by atoms with van der Waals surface area (Å²) < 4.78 is 26.9. The van der Waals surface area contributed by atoms with Gasteiger partial charge in [-0.15, -0.1) is 0 Å². The minimum Gasteiger partial charge on any atom is -0.354 e. The molecule has 0 heterocycles. The van der Waals surface area contributed by atoms with Crippen molar-refractivity contribution in [2.75, 3.05) is 23.7 Å². The zero-order valence-corrected chi connectivity index (χ0v) is 22.1. The lowest BCUT2D eigenvalue weighted by atomic mass is 10.1. The first-order valence-corrected chi connectivity index (χ1v) is 13.6. The summed E-state index contributed by atoms with van der Waals surface area (Å²) in [6.45, 7) is 3.87. The maximum Gasteiger partial charge on any atom is 0.244 e. The fourth-order valence-electron chi connectivity index (χ4n) is 3.32. The van der Waals surface area contributed by atoms with Crippen LogP contribution in [0.2, 0.25) is 5.02 Å². The molecule has 0 aliphatic carbocycles. The van der Waals surface area contributed by atoms with Crippen LogP contribution in [0.25, 0.3) is 0 Å². The second-order valence-corrected chi connectivity index (χ2v) is 10.8. The summed E-state index contributed by atoms with van der Waals surface area (Å²) in [6, 6.07) is 12.9. The fourth-order valence-corrected chi connectivity index (χ4v) is 4.63. The Kier molecular flexibility index (Phi) is 10.2. The molecule has 33 heavy (non-hydrogen) atoms. The average molecular weight is 559 g/mol. The van der Waals surface area contributed by atoms with Crippen molar-refractivity contribution in [2.24, 2.45) is 0 Å². The predicted octanol–water partition coefficient (Wildman–Crippen LogP) is 4.20. The molecule has 2 rings (SSSR count). The zero-order valence-electron chi connectivity index (χ0n) is 18.9. The number of carbonyl (C=O) groups excluding carboxylic acids is 2. The van der Waals surface area contributed by atoms with Crippen molar-refractivity contribution in [1.29, 1.82) is 0 Å². The molecule has 0 bridgehead atoms. The van der Waals surface area contributed by atoms with Gasteiger partial charge in [0.2, 0.25) is 21.8 Å². The van der Waals surface area contributed by atoms with Crippen LogP contribution in [0.1, 0.15) is 32.3 Å². The maximum atomic E-state index is 13.5. The standard InChI is InChI=1S/C23H29BrClN3O4S/c1-4-14-26-23(30)21(5-2)27(15-17-8-6-7-9-20(17)25)22(29)16-28(33(3,31)32)19-12-10-18(24)11-13-19/h6-13,21H,4-5,14-16H2,1-3H3,(H,26,30). The van der Waals surface area contributed by atoms with Gasteiger partial charge < -0.3 is 10.2 Å². The lowest BCUT2D eigenvalue weighted by Gasteiger charge is -2.33. The third-order valence-electron chi connectivity index (χ3n) is 5.03. The number of halogens is 2. The lowest BCUT2D eigenvalue weighted by Crippen LogP contribution is -2.52. The van der Waals surface area contributed by atoms with E-state index in [-0.39, 0.29) is 12.5 Å². The molecule has 2 aromatic carbocycles. The van der Waals surface area contributed by atoms with Crippen molar-refractivity contribution in [3.63, 3.8) is 0 Å². The monoisotopic (exact) mass is 557 g/mol. The van der Waals surface area contributed by atoms with Crippen molar-refractivity contribution >= 4 is 55.1 Å². The van der Waals surface area contributed by atoms with Crippen LogP contribution in [0.5, 0.6) is 0 Å². The van der Waals surface area contributed by atoms with Gasteiger partial charge in [0.15, 0.2) is 0 Å². The van der Waals surface area contributed by atoms with E-state index < -0.39 is 28.5 Å². The van der Waals surface area contributed by atoms with E-state index in [1.54, 1.807) is 48.5 Å². The maximum absolute atomic E-state index is 13.5. The Morgan fingerprint density at radius 3 is 2.27 bits per heavy atom. The molecule has 180 valence electrons. The van der Waals surface area contributed by atoms with E-state index in [9.17, 15) is 18.0 Å². The van der Waals surface area contributed by atoms with Gasteiger partial charge >= 0.3 is 0 Å². The van der Waals surface area contributed by atoms with Crippen LogP contribution in [0, 0.1) is 0 Å². The smallest absolute Gasteiger partial charge is 0.244 e. The molecular weight excluding hydrogens is 530 g/mol. The Morgan fingerprint density at radius 1 is 1.09 bits per heavy atom.